The largest absolute Gasteiger partial charge is 0.744 e. The van der Waals surface area contributed by atoms with E-state index in [2.05, 4.69) is 51.2 Å². The van der Waals surface area contributed by atoms with E-state index in [1.54, 1.807) is 60.7 Å². The highest BCUT2D eigenvalue weighted by atomic mass is 32.2. The summed E-state index contributed by atoms with van der Waals surface area (Å²) in [6, 6.07) is 23.0. The number of nitrogens with one attached hydrogen (secondary N) is 4. The maximum absolute atomic E-state index is 12.6. The van der Waals surface area contributed by atoms with Crippen LogP contribution in [0.5, 0.6) is 0 Å². The zero-order valence-corrected chi connectivity index (χ0v) is 36.0. The van der Waals surface area contributed by atoms with Gasteiger partial charge < -0.3 is 79.8 Å². The van der Waals surface area contributed by atoms with E-state index in [1.165, 1.54) is 12.1 Å². The van der Waals surface area contributed by atoms with E-state index in [0.29, 0.717) is 21.2 Å². The summed E-state index contributed by atoms with van der Waals surface area (Å²) in [6.45, 7) is -3.98. The number of aliphatic carboxylic acids is 4. The number of benzene rings is 4. The first-order chi connectivity index (χ1) is 32.2. The van der Waals surface area contributed by atoms with Crippen LogP contribution in [0.3, 0.4) is 0 Å². The molecule has 28 heteroatoms. The zero-order chi connectivity index (χ0) is 49.2. The van der Waals surface area contributed by atoms with Crippen LogP contribution in [0.1, 0.15) is 11.1 Å². The van der Waals surface area contributed by atoms with Crippen molar-refractivity contribution < 1.29 is 65.5 Å². The van der Waals surface area contributed by atoms with Crippen LogP contribution in [0, 0.1) is 0 Å². The van der Waals surface area contributed by atoms with Gasteiger partial charge >= 0.3 is 0 Å². The summed E-state index contributed by atoms with van der Waals surface area (Å²) >= 11 is 0. The second kappa shape index (κ2) is 21.0. The summed E-state index contributed by atoms with van der Waals surface area (Å²) < 4.78 is 75.5. The number of hydrogen-bond acceptors (Lipinski definition) is 26. The van der Waals surface area contributed by atoms with Crippen molar-refractivity contribution in [2.75, 3.05) is 57.2 Å². The number of aromatic nitrogens is 6. The van der Waals surface area contributed by atoms with Crippen LogP contribution < -0.4 is 51.5 Å². The standard InChI is InChI=1S/C40H36N12O14S2/c53-31(54)19-51(20-32(55)56)39-47-35(41-25-7-3-1-4-8-25)45-37(49-39)43-27-15-13-23(29(17-27)67(61,62)63)11-12-24-14-16-28(18-30(24)68(64,65)66)44-38-46-36(42-26-9-5-2-6-10-26)48-40(50-38)52(21-33(57)58)22-34(59)60/h1-18H,19-22H2,(H,53,54)(H,55,56)(H,57,58)(H,59,60)(H,61,62,63)(H,64,65,66)(H2,41,43,45,47,49)(H2,42,44,46,48,50)/p-6/b12-11+. The lowest BCUT2D eigenvalue weighted by Gasteiger charge is -2.24. The van der Waals surface area contributed by atoms with Gasteiger partial charge in [-0.15, -0.1) is 0 Å². The van der Waals surface area contributed by atoms with Crippen LogP contribution in [0.25, 0.3) is 12.2 Å². The summed E-state index contributed by atoms with van der Waals surface area (Å²) in [5.41, 5.74) is -0.00259. The predicted octanol–water partition coefficient (Wildman–Crippen LogP) is -2.38. The fourth-order valence-corrected chi connectivity index (χ4v) is 7.32. The molecule has 4 N–H and O–H groups in total. The lowest BCUT2D eigenvalue weighted by molar-refractivity contribution is -0.307. The number of para-hydroxylation sites is 2. The van der Waals surface area contributed by atoms with Gasteiger partial charge in [0.2, 0.25) is 35.7 Å². The molecule has 4 aromatic carbocycles. The lowest BCUT2D eigenvalue weighted by atomic mass is 10.1. The van der Waals surface area contributed by atoms with Crippen molar-refractivity contribution in [3.8, 4) is 0 Å². The van der Waals surface area contributed by atoms with Crippen LogP contribution in [-0.4, -0.2) is 106 Å². The molecule has 0 atom stereocenters. The molecule has 0 saturated carbocycles. The minimum absolute atomic E-state index is 0.144. The van der Waals surface area contributed by atoms with Crippen molar-refractivity contribution in [2.45, 2.75) is 9.79 Å². The van der Waals surface area contributed by atoms with Crippen molar-refractivity contribution in [1.29, 1.82) is 0 Å². The van der Waals surface area contributed by atoms with Gasteiger partial charge in [0.15, 0.2) is 0 Å². The minimum Gasteiger partial charge on any atom is -0.744 e. The summed E-state index contributed by atoms with van der Waals surface area (Å²) in [7, 11) is -10.7. The summed E-state index contributed by atoms with van der Waals surface area (Å²) in [5, 5.41) is 56.8. The highest BCUT2D eigenvalue weighted by Gasteiger charge is 2.19. The summed E-state index contributed by atoms with van der Waals surface area (Å²) in [6.07, 6.45) is 2.05. The molecule has 2 heterocycles. The van der Waals surface area contributed by atoms with E-state index in [1.807, 2.05) is 0 Å². The van der Waals surface area contributed by atoms with E-state index >= 15 is 0 Å². The van der Waals surface area contributed by atoms with E-state index in [-0.39, 0.29) is 34.4 Å². The smallest absolute Gasteiger partial charge is 0.233 e. The lowest BCUT2D eigenvalue weighted by Crippen LogP contribution is -2.45. The molecule has 0 radical (unpaired) electrons. The van der Waals surface area contributed by atoms with Crippen molar-refractivity contribution in [3.05, 3.63) is 108 Å². The van der Waals surface area contributed by atoms with Crippen LogP contribution in [0.4, 0.5) is 58.4 Å². The van der Waals surface area contributed by atoms with Crippen molar-refractivity contribution in [2.24, 2.45) is 0 Å². The molecular weight excluding hydrogens is 937 g/mol. The number of rotatable bonds is 22. The maximum Gasteiger partial charge on any atom is 0.233 e. The van der Waals surface area contributed by atoms with Gasteiger partial charge in [-0.25, -0.2) is 16.8 Å². The molecule has 0 bridgehead atoms. The minimum atomic E-state index is -5.33. The third-order valence-electron chi connectivity index (χ3n) is 8.67. The molecule has 0 aliphatic rings. The number of carbonyl (C=O) groups excluding carboxylic acids is 4. The van der Waals surface area contributed by atoms with Gasteiger partial charge in [0, 0.05) is 22.7 Å². The SMILES string of the molecule is O=C([O-])CN(CC(=O)[O-])c1nc(Nc2ccccc2)nc(Nc2ccc(/C=C/c3ccc(Nc4nc(Nc5ccccc5)nc(N(CC(=O)[O-])CC(=O)[O-])n4)cc3S(=O)(=O)[O-])c(S(=O)(=O)[O-])c2)n1. The Morgan fingerprint density at radius 3 is 1.01 bits per heavy atom. The zero-order valence-electron chi connectivity index (χ0n) is 34.3. The Hall–Kier alpha value is -8.86. The second-order valence-corrected chi connectivity index (χ2v) is 16.4. The molecule has 0 fully saturated rings. The van der Waals surface area contributed by atoms with Crippen molar-refractivity contribution >= 4 is 115 Å². The molecular formula is C40H30N12O14S2-6. The Kier molecular flexibility index (Phi) is 15.0. The molecule has 2 aromatic heterocycles. The van der Waals surface area contributed by atoms with Gasteiger partial charge in [-0.05, 0) is 59.7 Å². The maximum atomic E-state index is 12.6. The Bertz CT molecular complexity index is 2890. The monoisotopic (exact) mass is 966 g/mol. The molecule has 0 spiro atoms. The summed E-state index contributed by atoms with van der Waals surface area (Å²) in [4.78, 5) is 70.2. The molecule has 0 aliphatic heterocycles. The number of hydrogen-bond donors (Lipinski definition) is 4. The van der Waals surface area contributed by atoms with Crippen LogP contribution in [0.15, 0.2) is 107 Å². The summed E-state index contributed by atoms with van der Waals surface area (Å²) in [5.74, 6) is -9.02. The van der Waals surface area contributed by atoms with Gasteiger partial charge in [0.25, 0.3) is 0 Å². The third kappa shape index (κ3) is 13.8. The van der Waals surface area contributed by atoms with Gasteiger partial charge in [0.1, 0.15) is 20.2 Å². The van der Waals surface area contributed by atoms with Crippen molar-refractivity contribution in [3.63, 3.8) is 0 Å². The fraction of sp³-hybridized carbons (Fsp3) is 0.100. The quantitative estimate of drug-likeness (QED) is 0.0408. The molecule has 0 amide bonds. The van der Waals surface area contributed by atoms with Gasteiger partial charge in [-0.1, -0.05) is 60.7 Å². The Morgan fingerprint density at radius 1 is 0.441 bits per heavy atom. The van der Waals surface area contributed by atoms with Crippen LogP contribution in [-0.2, 0) is 39.4 Å². The van der Waals surface area contributed by atoms with Crippen LogP contribution in [0.2, 0.25) is 0 Å². The predicted molar refractivity (Wildman–Crippen MR) is 228 cm³/mol. The molecule has 6 aromatic rings. The van der Waals surface area contributed by atoms with Gasteiger partial charge in [-0.2, -0.15) is 29.9 Å². The van der Waals surface area contributed by atoms with E-state index in [9.17, 15) is 65.5 Å². The highest BCUT2D eigenvalue weighted by molar-refractivity contribution is 7.86. The molecule has 0 aliphatic carbocycles. The molecule has 0 saturated heterocycles. The second-order valence-electron chi connectivity index (χ2n) is 13.7. The van der Waals surface area contributed by atoms with E-state index in [0.717, 1.165) is 36.4 Å². The van der Waals surface area contributed by atoms with Gasteiger partial charge in [0.05, 0.1) is 59.8 Å². The number of carboxylic acid groups (broad SMARTS) is 4. The first-order valence-electron chi connectivity index (χ1n) is 19.1. The Labute approximate surface area is 384 Å². The van der Waals surface area contributed by atoms with E-state index < -0.39 is 104 Å². The first-order valence-corrected chi connectivity index (χ1v) is 21.9. The van der Waals surface area contributed by atoms with E-state index in [4.69, 9.17) is 0 Å². The number of carboxylic acids is 4. The van der Waals surface area contributed by atoms with Crippen LogP contribution >= 0.6 is 0 Å². The highest BCUT2D eigenvalue weighted by Crippen LogP contribution is 2.29. The fourth-order valence-electron chi connectivity index (χ4n) is 5.93. The topological polar surface area (TPSA) is 407 Å². The number of anilines is 10. The average Bonchev–Trinajstić information content (AvgIpc) is 3.25. The Morgan fingerprint density at radius 2 is 0.735 bits per heavy atom. The molecule has 0 unspecified atom stereocenters. The third-order valence-corrected chi connectivity index (χ3v) is 10.5. The molecule has 26 nitrogen and oxygen atoms in total. The first kappa shape index (κ1) is 48.6. The molecule has 6 rings (SSSR count). The molecule has 68 heavy (non-hydrogen) atoms. The van der Waals surface area contributed by atoms with Gasteiger partial charge in [-0.3, -0.25) is 0 Å². The average molecular weight is 967 g/mol. The normalized spacial score (nSPS) is 11.4. The number of carbonyl (C=O) groups is 4. The van der Waals surface area contributed by atoms with Crippen molar-refractivity contribution in [1.82, 2.24) is 29.9 Å². The molecule has 352 valence electrons. The number of nitrogens with zero attached hydrogens (tertiary/aromatic N) is 8. The Balaban J connectivity index is 1.33.